The minimum absolute atomic E-state index is 0.310. The van der Waals surface area contributed by atoms with E-state index in [0.29, 0.717) is 27.3 Å². The molecule has 0 unspecified atom stereocenters. The van der Waals surface area contributed by atoms with Gasteiger partial charge < -0.3 is 0 Å². The minimum Gasteiger partial charge on any atom is -0.206 e. The molecular formula is C25H33ClF2. The number of benzene rings is 2. The molecule has 2 rings (SSSR count). The molecule has 0 aromatic heterocycles. The Morgan fingerprint density at radius 2 is 1.43 bits per heavy atom. The Morgan fingerprint density at radius 1 is 0.893 bits per heavy atom. The van der Waals surface area contributed by atoms with Crippen LogP contribution in [0.2, 0.25) is 5.02 Å². The van der Waals surface area contributed by atoms with Crippen LogP contribution >= 0.6 is 11.6 Å². The molecule has 0 radical (unpaired) electrons. The maximum Gasteiger partial charge on any atom is 0.132 e. The fourth-order valence-corrected chi connectivity index (χ4v) is 2.12. The van der Waals surface area contributed by atoms with Crippen molar-refractivity contribution < 1.29 is 8.78 Å². The first kappa shape index (κ1) is 28.0. The van der Waals surface area contributed by atoms with Crippen LogP contribution in [0.3, 0.4) is 0 Å². The summed E-state index contributed by atoms with van der Waals surface area (Å²) in [6.07, 6.45) is 3.51. The molecule has 0 N–H and O–H groups in total. The van der Waals surface area contributed by atoms with Crippen LogP contribution in [-0.4, -0.2) is 0 Å². The summed E-state index contributed by atoms with van der Waals surface area (Å²) >= 11 is 5.70. The van der Waals surface area contributed by atoms with E-state index in [2.05, 4.69) is 13.2 Å². The molecule has 2 aromatic rings. The first-order valence-electron chi connectivity index (χ1n) is 9.45. The Bertz CT molecular complexity index is 770. The fraction of sp³-hybridized carbons (Fsp3) is 0.280. The lowest BCUT2D eigenvalue weighted by atomic mass is 10.00. The van der Waals surface area contributed by atoms with Crippen molar-refractivity contribution in [2.24, 2.45) is 0 Å². The molecule has 0 amide bonds. The highest BCUT2D eigenvalue weighted by molar-refractivity contribution is 6.30. The third-order valence-electron chi connectivity index (χ3n) is 2.93. The summed E-state index contributed by atoms with van der Waals surface area (Å²) in [6, 6.07) is 8.88. The second-order valence-corrected chi connectivity index (χ2v) is 5.99. The molecule has 2 aromatic carbocycles. The summed E-state index contributed by atoms with van der Waals surface area (Å²) in [5, 5.41) is 0.310. The Hall–Kier alpha value is -2.19. The van der Waals surface area contributed by atoms with Crippen molar-refractivity contribution in [2.75, 3.05) is 0 Å². The van der Waals surface area contributed by atoms with Gasteiger partial charge in [-0.05, 0) is 56.2 Å². The number of rotatable bonds is 3. The van der Waals surface area contributed by atoms with E-state index < -0.39 is 11.6 Å². The Labute approximate surface area is 175 Å². The van der Waals surface area contributed by atoms with E-state index in [1.165, 1.54) is 23.8 Å². The standard InChI is InChI=1S/C17H13ClF2.C4H8.2C2H6/c1-3-4-11(2)14-7-5-12(9-16(14)19)15-8-6-13(18)10-17(15)20;1-4(2)3;2*1-2/h3-10H,2H2,1H3;1H2,2-3H3;2*1-2H3/b4-3-;;;. The summed E-state index contributed by atoms with van der Waals surface area (Å²) in [7, 11) is 0. The first-order valence-corrected chi connectivity index (χ1v) is 9.83. The van der Waals surface area contributed by atoms with Gasteiger partial charge in [0.1, 0.15) is 11.6 Å². The van der Waals surface area contributed by atoms with E-state index >= 15 is 0 Å². The van der Waals surface area contributed by atoms with Crippen molar-refractivity contribution in [3.05, 3.63) is 89.5 Å². The minimum atomic E-state index is -0.475. The van der Waals surface area contributed by atoms with Gasteiger partial charge in [0.25, 0.3) is 0 Å². The lowest BCUT2D eigenvalue weighted by molar-refractivity contribution is 0.622. The van der Waals surface area contributed by atoms with Crippen LogP contribution < -0.4 is 0 Å². The highest BCUT2D eigenvalue weighted by Crippen LogP contribution is 2.28. The van der Waals surface area contributed by atoms with E-state index in [4.69, 9.17) is 11.6 Å². The molecule has 0 fully saturated rings. The predicted molar refractivity (Wildman–Crippen MR) is 124 cm³/mol. The van der Waals surface area contributed by atoms with Crippen molar-refractivity contribution in [1.29, 1.82) is 0 Å². The molecule has 0 bridgehead atoms. The zero-order valence-electron chi connectivity index (χ0n) is 18.2. The van der Waals surface area contributed by atoms with Crippen molar-refractivity contribution in [3.8, 4) is 11.1 Å². The van der Waals surface area contributed by atoms with Gasteiger partial charge in [-0.1, -0.05) is 75.7 Å². The monoisotopic (exact) mass is 406 g/mol. The molecule has 0 nitrogen and oxygen atoms in total. The maximum atomic E-state index is 14.1. The summed E-state index contributed by atoms with van der Waals surface area (Å²) in [5.41, 5.74) is 2.93. The van der Waals surface area contributed by atoms with Crippen LogP contribution in [0.1, 0.15) is 54.0 Å². The van der Waals surface area contributed by atoms with E-state index in [0.717, 1.165) is 0 Å². The molecule has 0 atom stereocenters. The van der Waals surface area contributed by atoms with Gasteiger partial charge >= 0.3 is 0 Å². The lowest BCUT2D eigenvalue weighted by Crippen LogP contribution is -1.90. The summed E-state index contributed by atoms with van der Waals surface area (Å²) in [4.78, 5) is 0. The molecule has 0 aliphatic heterocycles. The molecule has 0 saturated carbocycles. The third kappa shape index (κ3) is 10.2. The second-order valence-electron chi connectivity index (χ2n) is 5.55. The molecule has 0 aliphatic rings. The molecule has 0 saturated heterocycles. The zero-order valence-corrected chi connectivity index (χ0v) is 18.9. The molecule has 3 heteroatoms. The number of halogens is 3. The highest BCUT2D eigenvalue weighted by atomic mass is 35.5. The number of hydrogen-bond donors (Lipinski definition) is 0. The van der Waals surface area contributed by atoms with Crippen LogP contribution in [0.4, 0.5) is 8.78 Å². The van der Waals surface area contributed by atoms with Gasteiger partial charge in [-0.2, -0.15) is 0 Å². The third-order valence-corrected chi connectivity index (χ3v) is 3.16. The van der Waals surface area contributed by atoms with Gasteiger partial charge in [0.15, 0.2) is 0 Å². The summed E-state index contributed by atoms with van der Waals surface area (Å²) in [5.74, 6) is -0.906. The Kier molecular flexibility index (Phi) is 15.8. The molecule has 28 heavy (non-hydrogen) atoms. The average molecular weight is 407 g/mol. The van der Waals surface area contributed by atoms with Crippen molar-refractivity contribution >= 4 is 17.2 Å². The van der Waals surface area contributed by atoms with Gasteiger partial charge in [0, 0.05) is 16.1 Å². The van der Waals surface area contributed by atoms with Crippen LogP contribution in [0.15, 0.2) is 67.3 Å². The predicted octanol–water partition coefficient (Wildman–Crippen LogP) is 9.51. The number of hydrogen-bond acceptors (Lipinski definition) is 0. The molecular weight excluding hydrogens is 374 g/mol. The van der Waals surface area contributed by atoms with Crippen LogP contribution in [0.25, 0.3) is 16.7 Å². The van der Waals surface area contributed by atoms with E-state index in [-0.39, 0.29) is 0 Å². The van der Waals surface area contributed by atoms with Crippen molar-refractivity contribution in [2.45, 2.75) is 48.5 Å². The fourth-order valence-electron chi connectivity index (χ4n) is 1.96. The van der Waals surface area contributed by atoms with Crippen molar-refractivity contribution in [1.82, 2.24) is 0 Å². The van der Waals surface area contributed by atoms with Gasteiger partial charge in [0.05, 0.1) is 0 Å². The van der Waals surface area contributed by atoms with E-state index in [1.807, 2.05) is 48.5 Å². The molecule has 0 spiro atoms. The van der Waals surface area contributed by atoms with Gasteiger partial charge in [-0.25, -0.2) is 8.78 Å². The van der Waals surface area contributed by atoms with Crippen LogP contribution in [-0.2, 0) is 0 Å². The second kappa shape index (κ2) is 15.8. The van der Waals surface area contributed by atoms with Gasteiger partial charge in [-0.3, -0.25) is 0 Å². The average Bonchev–Trinajstić information content (AvgIpc) is 2.64. The largest absolute Gasteiger partial charge is 0.206 e. The normalized spacial score (nSPS) is 9.21. The Balaban J connectivity index is 0. The van der Waals surface area contributed by atoms with Crippen LogP contribution in [0.5, 0.6) is 0 Å². The van der Waals surface area contributed by atoms with Crippen molar-refractivity contribution in [3.63, 3.8) is 0 Å². The lowest BCUT2D eigenvalue weighted by Gasteiger charge is -2.08. The smallest absolute Gasteiger partial charge is 0.132 e. The van der Waals surface area contributed by atoms with E-state index in [9.17, 15) is 8.78 Å². The quantitative estimate of drug-likeness (QED) is 0.351. The zero-order chi connectivity index (χ0) is 22.3. The van der Waals surface area contributed by atoms with Gasteiger partial charge in [-0.15, -0.1) is 6.58 Å². The topological polar surface area (TPSA) is 0 Å². The first-order chi connectivity index (χ1) is 13.3. The molecule has 0 heterocycles. The molecule has 0 aliphatic carbocycles. The van der Waals surface area contributed by atoms with Gasteiger partial charge in [0.2, 0.25) is 0 Å². The maximum absolute atomic E-state index is 14.1. The summed E-state index contributed by atoms with van der Waals surface area (Å²) in [6.45, 7) is 21.1. The summed E-state index contributed by atoms with van der Waals surface area (Å²) < 4.78 is 27.9. The van der Waals surface area contributed by atoms with Crippen LogP contribution in [0, 0.1) is 11.6 Å². The SMILES string of the molecule is C=C(/C=C\C)c1ccc(-c2ccc(Cl)cc2F)cc1F.C=C(C)C.CC.CC. The van der Waals surface area contributed by atoms with E-state index in [1.54, 1.807) is 30.4 Å². The Morgan fingerprint density at radius 3 is 1.86 bits per heavy atom. The number of allylic oxidation sites excluding steroid dienone is 4. The molecule has 154 valence electrons. The highest BCUT2D eigenvalue weighted by Gasteiger charge is 2.10.